The Labute approximate surface area is 213 Å². The van der Waals surface area contributed by atoms with Crippen LogP contribution in [0, 0.1) is 5.82 Å². The Morgan fingerprint density at radius 2 is 1.76 bits per heavy atom. The smallest absolute Gasteiger partial charge is 0.451 e. The molecule has 1 amide bonds. The summed E-state index contributed by atoms with van der Waals surface area (Å²) in [5.74, 6) is -3.22. The van der Waals surface area contributed by atoms with Crippen molar-refractivity contribution in [2.45, 2.75) is 49.2 Å². The van der Waals surface area contributed by atoms with Crippen molar-refractivity contribution >= 4 is 15.9 Å². The number of benzene rings is 1. The van der Waals surface area contributed by atoms with Gasteiger partial charge in [0.15, 0.2) is 0 Å². The average Bonchev–Trinajstić information content (AvgIpc) is 3.18. The first-order chi connectivity index (χ1) is 17.8. The minimum Gasteiger partial charge on any atom is -0.506 e. The summed E-state index contributed by atoms with van der Waals surface area (Å²) in [6.45, 7) is 0.972. The number of carbonyl (C=O) groups excluding carboxylic acids is 1. The number of amides is 1. The Balaban J connectivity index is 1.53. The lowest BCUT2D eigenvalue weighted by molar-refractivity contribution is -0.145. The molecule has 3 heterocycles. The van der Waals surface area contributed by atoms with Crippen LogP contribution in [0.15, 0.2) is 53.8 Å². The van der Waals surface area contributed by atoms with Crippen LogP contribution in [0.4, 0.5) is 22.0 Å². The Hall–Kier alpha value is -3.72. The maximum atomic E-state index is 14.6. The zero-order valence-corrected chi connectivity index (χ0v) is 20.3. The lowest BCUT2D eigenvalue weighted by atomic mass is 10.1. The predicted octanol–water partition coefficient (Wildman–Crippen LogP) is 3.21. The number of hydrogen-bond donors (Lipinski definition) is 2. The third-order valence-corrected chi connectivity index (χ3v) is 8.00. The van der Waals surface area contributed by atoms with E-state index in [0.29, 0.717) is 0 Å². The van der Waals surface area contributed by atoms with E-state index in [9.17, 15) is 40.3 Å². The first-order valence-electron chi connectivity index (χ1n) is 11.1. The molecule has 1 fully saturated rings. The van der Waals surface area contributed by atoms with Gasteiger partial charge in [-0.1, -0.05) is 0 Å². The molecule has 202 valence electrons. The van der Waals surface area contributed by atoms with Crippen LogP contribution in [0.3, 0.4) is 0 Å². The van der Waals surface area contributed by atoms with E-state index in [1.165, 1.54) is 13.0 Å². The van der Waals surface area contributed by atoms with Crippen LogP contribution in [-0.2, 0) is 27.5 Å². The first kappa shape index (κ1) is 27.3. The Morgan fingerprint density at radius 3 is 2.37 bits per heavy atom. The molecule has 3 atom stereocenters. The van der Waals surface area contributed by atoms with Crippen LogP contribution >= 0.6 is 0 Å². The molecule has 0 unspecified atom stereocenters. The quantitative estimate of drug-likeness (QED) is 0.446. The maximum absolute atomic E-state index is 14.6. The number of alkyl halides is 4. The summed E-state index contributed by atoms with van der Waals surface area (Å²) < 4.78 is 93.0. The molecule has 1 saturated heterocycles. The molecule has 9 nitrogen and oxygen atoms in total. The zero-order chi connectivity index (χ0) is 27.8. The third kappa shape index (κ3) is 5.43. The van der Waals surface area contributed by atoms with Gasteiger partial charge in [-0.15, -0.1) is 0 Å². The predicted molar refractivity (Wildman–Crippen MR) is 122 cm³/mol. The van der Waals surface area contributed by atoms with Crippen LogP contribution in [0.1, 0.15) is 24.7 Å². The van der Waals surface area contributed by atoms with Gasteiger partial charge >= 0.3 is 6.18 Å². The molecule has 4 rings (SSSR count). The summed E-state index contributed by atoms with van der Waals surface area (Å²) in [4.78, 5) is 23.1. The fraction of sp³-hybridized carbons (Fsp3) is 0.304. The van der Waals surface area contributed by atoms with Crippen molar-refractivity contribution in [1.29, 1.82) is 0 Å². The van der Waals surface area contributed by atoms with Gasteiger partial charge in [0.1, 0.15) is 23.8 Å². The molecule has 0 aliphatic carbocycles. The van der Waals surface area contributed by atoms with E-state index >= 15 is 0 Å². The SMILES string of the molecule is C[C@H]1[C@H](F)C[C@@H](C(=O)NCc2cc(-c3cnc(C(F)(F)F)nc3)ncc2O)N1S(=O)(=O)c1ccc(F)cc1. The lowest BCUT2D eigenvalue weighted by Gasteiger charge is -2.27. The highest BCUT2D eigenvalue weighted by Crippen LogP contribution is 2.33. The minimum absolute atomic E-state index is 0.0963. The highest BCUT2D eigenvalue weighted by molar-refractivity contribution is 7.89. The van der Waals surface area contributed by atoms with Crippen molar-refractivity contribution in [1.82, 2.24) is 24.6 Å². The van der Waals surface area contributed by atoms with E-state index in [1.807, 2.05) is 0 Å². The number of nitrogens with one attached hydrogen (secondary N) is 1. The van der Waals surface area contributed by atoms with Crippen molar-refractivity contribution in [2.75, 3.05) is 0 Å². The fourth-order valence-corrected chi connectivity index (χ4v) is 5.80. The van der Waals surface area contributed by atoms with Crippen molar-refractivity contribution in [3.05, 3.63) is 66.1 Å². The summed E-state index contributed by atoms with van der Waals surface area (Å²) in [6.07, 6.45) is -4.00. The number of sulfonamides is 1. The molecule has 1 aromatic carbocycles. The summed E-state index contributed by atoms with van der Waals surface area (Å²) >= 11 is 0. The summed E-state index contributed by atoms with van der Waals surface area (Å²) in [7, 11) is -4.37. The highest BCUT2D eigenvalue weighted by atomic mass is 32.2. The second-order valence-electron chi connectivity index (χ2n) is 8.51. The second-order valence-corrected chi connectivity index (χ2v) is 10.3. The number of carbonyl (C=O) groups is 1. The van der Waals surface area contributed by atoms with Crippen LogP contribution in [0.25, 0.3) is 11.3 Å². The van der Waals surface area contributed by atoms with Crippen LogP contribution in [0.2, 0.25) is 0 Å². The van der Waals surface area contributed by atoms with Gasteiger partial charge < -0.3 is 10.4 Å². The van der Waals surface area contributed by atoms with Crippen molar-refractivity contribution in [2.24, 2.45) is 0 Å². The summed E-state index contributed by atoms with van der Waals surface area (Å²) in [5, 5.41) is 12.6. The summed E-state index contributed by atoms with van der Waals surface area (Å²) in [5.41, 5.74) is 0.297. The molecule has 0 spiro atoms. The topological polar surface area (TPSA) is 125 Å². The molecule has 1 aliphatic heterocycles. The van der Waals surface area contributed by atoms with E-state index in [0.717, 1.165) is 47.2 Å². The van der Waals surface area contributed by atoms with E-state index < -0.39 is 58.4 Å². The van der Waals surface area contributed by atoms with Gasteiger partial charge in [0, 0.05) is 36.5 Å². The van der Waals surface area contributed by atoms with Gasteiger partial charge in [0.25, 0.3) is 0 Å². The van der Waals surface area contributed by atoms with Crippen molar-refractivity contribution in [3.8, 4) is 17.0 Å². The molecule has 15 heteroatoms. The molecule has 3 aromatic rings. The normalized spacial score (nSPS) is 20.4. The van der Waals surface area contributed by atoms with Crippen molar-refractivity contribution in [3.63, 3.8) is 0 Å². The lowest BCUT2D eigenvalue weighted by Crippen LogP contribution is -2.48. The van der Waals surface area contributed by atoms with Gasteiger partial charge in [-0.05, 0) is 37.3 Å². The molecule has 2 aromatic heterocycles. The Morgan fingerprint density at radius 1 is 1.13 bits per heavy atom. The van der Waals surface area contributed by atoms with E-state index in [2.05, 4.69) is 20.3 Å². The van der Waals surface area contributed by atoms with Gasteiger partial charge in [-0.3, -0.25) is 9.78 Å². The van der Waals surface area contributed by atoms with Crippen LogP contribution in [0.5, 0.6) is 5.75 Å². The van der Waals surface area contributed by atoms with E-state index in [4.69, 9.17) is 0 Å². The number of aromatic nitrogens is 3. The third-order valence-electron chi connectivity index (χ3n) is 5.99. The number of halogens is 5. The van der Waals surface area contributed by atoms with E-state index in [1.54, 1.807) is 0 Å². The highest BCUT2D eigenvalue weighted by Gasteiger charge is 2.49. The number of rotatable bonds is 6. The maximum Gasteiger partial charge on any atom is 0.451 e. The number of hydrogen-bond acceptors (Lipinski definition) is 7. The molecular weight excluding hydrogens is 537 g/mol. The largest absolute Gasteiger partial charge is 0.506 e. The summed E-state index contributed by atoms with van der Waals surface area (Å²) in [6, 6.07) is 2.56. The monoisotopic (exact) mass is 557 g/mol. The number of pyridine rings is 1. The standard InChI is InChI=1S/C23H20F5N5O4S/c1-12-17(25)7-19(33(12)38(36,37)16-4-2-15(24)3-5-16)21(35)30-8-13-6-18(29-11-20(13)34)14-9-31-22(32-10-14)23(26,27)28/h2-6,9-12,17,19,34H,7-8H2,1H3,(H,30,35)/t12-,17+,19-/m0/s1. The molecule has 38 heavy (non-hydrogen) atoms. The fourth-order valence-electron chi connectivity index (χ4n) is 3.99. The van der Waals surface area contributed by atoms with Gasteiger partial charge in [0.2, 0.25) is 21.8 Å². The Bertz CT molecular complexity index is 1440. The molecule has 2 N–H and O–H groups in total. The van der Waals surface area contributed by atoms with Crippen LogP contribution < -0.4 is 5.32 Å². The van der Waals surface area contributed by atoms with Gasteiger partial charge in [-0.2, -0.15) is 17.5 Å². The second kappa shape index (κ2) is 10.2. The van der Waals surface area contributed by atoms with E-state index in [-0.39, 0.29) is 34.0 Å². The average molecular weight is 558 g/mol. The first-order valence-corrected chi connectivity index (χ1v) is 12.5. The van der Waals surface area contributed by atoms with Gasteiger partial charge in [-0.25, -0.2) is 27.2 Å². The van der Waals surface area contributed by atoms with Crippen LogP contribution in [-0.4, -0.2) is 56.9 Å². The number of aromatic hydroxyl groups is 1. The molecule has 0 saturated carbocycles. The number of nitrogens with zero attached hydrogens (tertiary/aromatic N) is 4. The molecule has 0 radical (unpaired) electrons. The minimum atomic E-state index is -4.73. The zero-order valence-electron chi connectivity index (χ0n) is 19.5. The molecule has 0 bridgehead atoms. The molecule has 1 aliphatic rings. The van der Waals surface area contributed by atoms with Crippen molar-refractivity contribution < 1.29 is 40.3 Å². The molecular formula is C23H20F5N5O4S. The van der Waals surface area contributed by atoms with Gasteiger partial charge in [0.05, 0.1) is 22.8 Å². The Kier molecular flexibility index (Phi) is 7.34.